The average Bonchev–Trinajstić information content (AvgIpc) is 2.32. The van der Waals surface area contributed by atoms with Gasteiger partial charge in [-0.3, -0.25) is 0 Å². The molecule has 0 saturated carbocycles. The molecule has 0 saturated heterocycles. The maximum atomic E-state index is 9.85. The van der Waals surface area contributed by atoms with Crippen LogP contribution in [0.3, 0.4) is 0 Å². The minimum absolute atomic E-state index is 0.00319. The molecule has 0 radical (unpaired) electrons. The number of benzene rings is 2. The normalized spacial score (nSPS) is 12.2. The molecule has 2 aromatic carbocycles. The molecule has 0 aromatic heterocycles. The van der Waals surface area contributed by atoms with Crippen LogP contribution >= 0.6 is 27.5 Å². The predicted molar refractivity (Wildman–Crippen MR) is 79.3 cm³/mol. The Kier molecular flexibility index (Phi) is 4.15. The second kappa shape index (κ2) is 5.63. The SMILES string of the molecule is CC(Nc1ccc(Br)cc1)c1ccc(Cl)cc1O. The monoisotopic (exact) mass is 325 g/mol. The Balaban J connectivity index is 2.16. The number of hydrogen-bond donors (Lipinski definition) is 2. The summed E-state index contributed by atoms with van der Waals surface area (Å²) in [4.78, 5) is 0. The standard InChI is InChI=1S/C14H13BrClNO/c1-9(13-7-4-11(16)8-14(13)18)17-12-5-2-10(15)3-6-12/h2-9,17-18H,1H3. The summed E-state index contributed by atoms with van der Waals surface area (Å²) in [7, 11) is 0. The third-order valence-corrected chi connectivity index (χ3v) is 3.45. The van der Waals surface area contributed by atoms with E-state index in [1.165, 1.54) is 0 Å². The van der Waals surface area contributed by atoms with Crippen molar-refractivity contribution < 1.29 is 5.11 Å². The fourth-order valence-corrected chi connectivity index (χ4v) is 2.19. The minimum atomic E-state index is 0.00319. The molecule has 0 amide bonds. The van der Waals surface area contributed by atoms with Gasteiger partial charge in [0.2, 0.25) is 0 Å². The minimum Gasteiger partial charge on any atom is -0.508 e. The summed E-state index contributed by atoms with van der Waals surface area (Å²) in [6, 6.07) is 13.1. The average molecular weight is 327 g/mol. The topological polar surface area (TPSA) is 32.3 Å². The smallest absolute Gasteiger partial charge is 0.122 e. The van der Waals surface area contributed by atoms with Crippen molar-refractivity contribution in [2.75, 3.05) is 5.32 Å². The molecule has 0 fully saturated rings. The van der Waals surface area contributed by atoms with Crippen molar-refractivity contribution >= 4 is 33.2 Å². The van der Waals surface area contributed by atoms with Gasteiger partial charge in [-0.2, -0.15) is 0 Å². The van der Waals surface area contributed by atoms with Gasteiger partial charge >= 0.3 is 0 Å². The molecule has 18 heavy (non-hydrogen) atoms. The first-order valence-corrected chi connectivity index (χ1v) is 6.74. The lowest BCUT2D eigenvalue weighted by molar-refractivity contribution is 0.465. The number of rotatable bonds is 3. The van der Waals surface area contributed by atoms with Crippen molar-refractivity contribution in [2.24, 2.45) is 0 Å². The number of phenols is 1. The van der Waals surface area contributed by atoms with Gasteiger partial charge in [0, 0.05) is 20.7 Å². The van der Waals surface area contributed by atoms with E-state index in [9.17, 15) is 5.11 Å². The quantitative estimate of drug-likeness (QED) is 0.833. The summed E-state index contributed by atoms with van der Waals surface area (Å²) in [5, 5.41) is 13.7. The highest BCUT2D eigenvalue weighted by Gasteiger charge is 2.10. The van der Waals surface area contributed by atoms with Crippen LogP contribution in [0.5, 0.6) is 5.75 Å². The molecule has 0 aliphatic carbocycles. The highest BCUT2D eigenvalue weighted by molar-refractivity contribution is 9.10. The fourth-order valence-electron chi connectivity index (χ4n) is 1.76. The number of aromatic hydroxyl groups is 1. The molecule has 0 bridgehead atoms. The second-order valence-corrected chi connectivity index (χ2v) is 5.43. The first-order chi connectivity index (χ1) is 8.56. The van der Waals surface area contributed by atoms with Gasteiger partial charge in [-0.25, -0.2) is 0 Å². The Hall–Kier alpha value is -1.19. The first-order valence-electron chi connectivity index (χ1n) is 5.57. The summed E-state index contributed by atoms with van der Waals surface area (Å²) in [5.41, 5.74) is 1.82. The van der Waals surface area contributed by atoms with E-state index in [-0.39, 0.29) is 11.8 Å². The van der Waals surface area contributed by atoms with Crippen molar-refractivity contribution in [1.29, 1.82) is 0 Å². The van der Waals surface area contributed by atoms with Crippen LogP contribution in [0.2, 0.25) is 5.02 Å². The molecule has 2 rings (SSSR count). The number of phenolic OH excluding ortho intramolecular Hbond substituents is 1. The maximum absolute atomic E-state index is 9.85. The molecule has 1 unspecified atom stereocenters. The maximum Gasteiger partial charge on any atom is 0.122 e. The summed E-state index contributed by atoms with van der Waals surface area (Å²) >= 11 is 9.21. The van der Waals surface area contributed by atoms with Gasteiger partial charge in [0.15, 0.2) is 0 Å². The molecule has 1 atom stereocenters. The van der Waals surface area contributed by atoms with Crippen molar-refractivity contribution in [3.05, 3.63) is 57.5 Å². The van der Waals surface area contributed by atoms with Gasteiger partial charge in [-0.05, 0) is 43.3 Å². The van der Waals surface area contributed by atoms with Crippen LogP contribution in [0, 0.1) is 0 Å². The van der Waals surface area contributed by atoms with Gasteiger partial charge in [0.25, 0.3) is 0 Å². The van der Waals surface area contributed by atoms with E-state index in [0.29, 0.717) is 5.02 Å². The van der Waals surface area contributed by atoms with Gasteiger partial charge < -0.3 is 10.4 Å². The molecule has 0 spiro atoms. The van der Waals surface area contributed by atoms with E-state index in [1.54, 1.807) is 12.1 Å². The molecular weight excluding hydrogens is 314 g/mol. The Labute approximate surface area is 120 Å². The van der Waals surface area contributed by atoms with Gasteiger partial charge in [0.05, 0.1) is 6.04 Å². The Morgan fingerprint density at radius 3 is 2.44 bits per heavy atom. The van der Waals surface area contributed by atoms with Crippen molar-refractivity contribution in [2.45, 2.75) is 13.0 Å². The Bertz CT molecular complexity index is 542. The number of anilines is 1. The van der Waals surface area contributed by atoms with E-state index >= 15 is 0 Å². The lowest BCUT2D eigenvalue weighted by Gasteiger charge is -2.17. The molecule has 0 aliphatic heterocycles. The summed E-state index contributed by atoms with van der Waals surface area (Å²) < 4.78 is 1.04. The van der Waals surface area contributed by atoms with E-state index in [2.05, 4.69) is 21.2 Å². The van der Waals surface area contributed by atoms with Crippen LogP contribution in [0.4, 0.5) is 5.69 Å². The lowest BCUT2D eigenvalue weighted by Crippen LogP contribution is -2.06. The zero-order chi connectivity index (χ0) is 13.1. The molecule has 4 heteroatoms. The molecule has 2 N–H and O–H groups in total. The van der Waals surface area contributed by atoms with Gasteiger partial charge in [-0.1, -0.05) is 33.6 Å². The van der Waals surface area contributed by atoms with Crippen LogP contribution in [-0.4, -0.2) is 5.11 Å². The van der Waals surface area contributed by atoms with Crippen LogP contribution < -0.4 is 5.32 Å². The lowest BCUT2D eigenvalue weighted by atomic mass is 10.1. The van der Waals surface area contributed by atoms with Crippen LogP contribution in [0.15, 0.2) is 46.9 Å². The molecule has 0 aliphatic rings. The van der Waals surface area contributed by atoms with Crippen LogP contribution in [-0.2, 0) is 0 Å². The number of nitrogens with one attached hydrogen (secondary N) is 1. The third-order valence-electron chi connectivity index (χ3n) is 2.69. The fraction of sp³-hybridized carbons (Fsp3) is 0.143. The van der Waals surface area contributed by atoms with Crippen LogP contribution in [0.25, 0.3) is 0 Å². The molecular formula is C14H13BrClNO. The predicted octanol–water partition coefficient (Wildman–Crippen LogP) is 4.98. The van der Waals surface area contributed by atoms with Crippen LogP contribution in [0.1, 0.15) is 18.5 Å². The highest BCUT2D eigenvalue weighted by atomic mass is 79.9. The third kappa shape index (κ3) is 3.18. The zero-order valence-electron chi connectivity index (χ0n) is 9.82. The highest BCUT2D eigenvalue weighted by Crippen LogP contribution is 2.29. The molecule has 0 heterocycles. The number of hydrogen-bond acceptors (Lipinski definition) is 2. The summed E-state index contributed by atoms with van der Waals surface area (Å²) in [6.45, 7) is 1.99. The van der Waals surface area contributed by atoms with Gasteiger partial charge in [0.1, 0.15) is 5.75 Å². The molecule has 2 aromatic rings. The van der Waals surface area contributed by atoms with E-state index < -0.39 is 0 Å². The van der Waals surface area contributed by atoms with E-state index in [4.69, 9.17) is 11.6 Å². The molecule has 2 nitrogen and oxygen atoms in total. The van der Waals surface area contributed by atoms with Crippen molar-refractivity contribution in [3.8, 4) is 5.75 Å². The van der Waals surface area contributed by atoms with Crippen molar-refractivity contribution in [3.63, 3.8) is 0 Å². The van der Waals surface area contributed by atoms with Gasteiger partial charge in [-0.15, -0.1) is 0 Å². The second-order valence-electron chi connectivity index (χ2n) is 4.08. The summed E-state index contributed by atoms with van der Waals surface area (Å²) in [5.74, 6) is 0.208. The molecule has 94 valence electrons. The zero-order valence-corrected chi connectivity index (χ0v) is 12.2. The van der Waals surface area contributed by atoms with E-state index in [0.717, 1.165) is 15.7 Å². The van der Waals surface area contributed by atoms with Crippen molar-refractivity contribution in [1.82, 2.24) is 0 Å². The van der Waals surface area contributed by atoms with E-state index in [1.807, 2.05) is 37.3 Å². The Morgan fingerprint density at radius 2 is 1.83 bits per heavy atom. The first kappa shape index (κ1) is 13.2. The Morgan fingerprint density at radius 1 is 1.17 bits per heavy atom. The largest absolute Gasteiger partial charge is 0.508 e. The number of halogens is 2. The summed E-state index contributed by atoms with van der Waals surface area (Å²) in [6.07, 6.45) is 0.